The third-order valence-corrected chi connectivity index (χ3v) is 5.63. The van der Waals surface area contributed by atoms with Crippen LogP contribution in [0.5, 0.6) is 11.5 Å². The fraction of sp³-hybridized carbons (Fsp3) is 0.190. The van der Waals surface area contributed by atoms with Gasteiger partial charge in [0.05, 0.1) is 19.1 Å². The van der Waals surface area contributed by atoms with Crippen molar-refractivity contribution in [3.8, 4) is 11.5 Å². The fourth-order valence-electron chi connectivity index (χ4n) is 2.82. The van der Waals surface area contributed by atoms with Crippen LogP contribution in [0.25, 0.3) is 6.08 Å². The van der Waals surface area contributed by atoms with Crippen molar-refractivity contribution < 1.29 is 23.9 Å². The lowest BCUT2D eigenvalue weighted by Gasteiger charge is -2.13. The van der Waals surface area contributed by atoms with E-state index >= 15 is 0 Å². The van der Waals surface area contributed by atoms with Crippen molar-refractivity contribution in [2.75, 3.05) is 26.1 Å². The van der Waals surface area contributed by atoms with E-state index in [1.807, 2.05) is 19.1 Å². The number of thioether (sulfide) groups is 1. The fourth-order valence-corrected chi connectivity index (χ4v) is 4.11. The second kappa shape index (κ2) is 9.36. The number of carbonyl (C=O) groups excluding carboxylic acids is 3. The second-order valence-corrected chi connectivity index (χ2v) is 8.32. The van der Waals surface area contributed by atoms with E-state index in [0.29, 0.717) is 22.7 Å². The van der Waals surface area contributed by atoms with Crippen LogP contribution in [0.1, 0.15) is 11.1 Å². The predicted octanol–water partition coefficient (Wildman–Crippen LogP) is 4.45. The molecule has 7 nitrogen and oxygen atoms in total. The third-order valence-electron chi connectivity index (χ3n) is 4.27. The lowest BCUT2D eigenvalue weighted by atomic mass is 10.1. The average molecular weight is 491 g/mol. The van der Waals surface area contributed by atoms with Crippen molar-refractivity contribution in [3.05, 3.63) is 56.9 Å². The Balaban J connectivity index is 1.78. The van der Waals surface area contributed by atoms with Crippen molar-refractivity contribution in [2.45, 2.75) is 6.92 Å². The highest BCUT2D eigenvalue weighted by molar-refractivity contribution is 9.10. The van der Waals surface area contributed by atoms with Crippen LogP contribution in [-0.2, 0) is 9.59 Å². The van der Waals surface area contributed by atoms with E-state index in [1.165, 1.54) is 14.2 Å². The normalized spacial score (nSPS) is 14.9. The predicted molar refractivity (Wildman–Crippen MR) is 120 cm³/mol. The Hall–Kier alpha value is -2.78. The number of imide groups is 1. The zero-order valence-corrected chi connectivity index (χ0v) is 18.9. The molecule has 0 spiro atoms. The van der Waals surface area contributed by atoms with Gasteiger partial charge < -0.3 is 14.8 Å². The Morgan fingerprint density at radius 2 is 1.87 bits per heavy atom. The zero-order valence-electron chi connectivity index (χ0n) is 16.5. The molecule has 9 heteroatoms. The highest BCUT2D eigenvalue weighted by Crippen LogP contribution is 2.39. The average Bonchev–Trinajstić information content (AvgIpc) is 2.96. The minimum atomic E-state index is -0.537. The van der Waals surface area contributed by atoms with Crippen molar-refractivity contribution in [3.63, 3.8) is 0 Å². The Morgan fingerprint density at radius 3 is 2.50 bits per heavy atom. The minimum absolute atomic E-state index is 0.196. The van der Waals surface area contributed by atoms with Crippen LogP contribution in [0.2, 0.25) is 0 Å². The Morgan fingerprint density at radius 1 is 1.17 bits per heavy atom. The Kier molecular flexibility index (Phi) is 6.84. The summed E-state index contributed by atoms with van der Waals surface area (Å²) in [7, 11) is 3.00. The van der Waals surface area contributed by atoms with Gasteiger partial charge in [0.1, 0.15) is 6.54 Å². The smallest absolute Gasteiger partial charge is 0.294 e. The van der Waals surface area contributed by atoms with Gasteiger partial charge in [0.2, 0.25) is 5.91 Å². The van der Waals surface area contributed by atoms with Gasteiger partial charge in [-0.15, -0.1) is 0 Å². The topological polar surface area (TPSA) is 84.9 Å². The molecule has 30 heavy (non-hydrogen) atoms. The molecule has 1 aliphatic heterocycles. The lowest BCUT2D eigenvalue weighted by Crippen LogP contribution is -2.36. The van der Waals surface area contributed by atoms with Gasteiger partial charge in [-0.2, -0.15) is 0 Å². The number of nitrogens with zero attached hydrogens (tertiary/aromatic N) is 1. The summed E-state index contributed by atoms with van der Waals surface area (Å²) >= 11 is 4.16. The number of nitrogens with one attached hydrogen (secondary N) is 1. The quantitative estimate of drug-likeness (QED) is 0.602. The van der Waals surface area contributed by atoms with Gasteiger partial charge in [-0.1, -0.05) is 33.6 Å². The summed E-state index contributed by atoms with van der Waals surface area (Å²) in [6, 6.07) is 10.7. The first kappa shape index (κ1) is 21.9. The molecule has 0 bridgehead atoms. The number of aryl methyl sites for hydroxylation is 1. The Bertz CT molecular complexity index is 1040. The van der Waals surface area contributed by atoms with E-state index in [-0.39, 0.29) is 11.4 Å². The number of methoxy groups -OCH3 is 2. The van der Waals surface area contributed by atoms with E-state index < -0.39 is 17.1 Å². The first-order chi connectivity index (χ1) is 14.3. The number of hydrogen-bond donors (Lipinski definition) is 1. The number of rotatable bonds is 6. The van der Waals surface area contributed by atoms with Gasteiger partial charge in [0.25, 0.3) is 11.1 Å². The van der Waals surface area contributed by atoms with Crippen LogP contribution < -0.4 is 14.8 Å². The molecule has 0 aromatic heterocycles. The molecule has 1 fully saturated rings. The molecular weight excluding hydrogens is 472 g/mol. The van der Waals surface area contributed by atoms with Crippen molar-refractivity contribution >= 4 is 56.5 Å². The molecule has 1 heterocycles. The van der Waals surface area contributed by atoms with E-state index in [0.717, 1.165) is 26.7 Å². The highest BCUT2D eigenvalue weighted by atomic mass is 79.9. The van der Waals surface area contributed by atoms with Gasteiger partial charge in [-0.3, -0.25) is 19.3 Å². The third kappa shape index (κ3) is 4.85. The molecule has 0 unspecified atom stereocenters. The molecule has 0 aliphatic carbocycles. The summed E-state index contributed by atoms with van der Waals surface area (Å²) in [5, 5.41) is 2.18. The van der Waals surface area contributed by atoms with Crippen molar-refractivity contribution in [1.29, 1.82) is 0 Å². The highest BCUT2D eigenvalue weighted by Gasteiger charge is 2.36. The first-order valence-corrected chi connectivity index (χ1v) is 10.5. The SMILES string of the molecule is COc1cc(Br)cc(/C=C2/SC(=O)N(CC(=O)Nc3ccc(C)cc3)C2=O)c1OC. The summed E-state index contributed by atoms with van der Waals surface area (Å²) < 4.78 is 11.4. The van der Waals surface area contributed by atoms with Crippen LogP contribution in [0.15, 0.2) is 45.8 Å². The van der Waals surface area contributed by atoms with Crippen LogP contribution in [0, 0.1) is 6.92 Å². The zero-order chi connectivity index (χ0) is 21.8. The first-order valence-electron chi connectivity index (χ1n) is 8.85. The summed E-state index contributed by atoms with van der Waals surface area (Å²) in [4.78, 5) is 38.5. The molecule has 1 saturated heterocycles. The summed E-state index contributed by atoms with van der Waals surface area (Å²) in [6.45, 7) is 1.57. The lowest BCUT2D eigenvalue weighted by molar-refractivity contribution is -0.127. The van der Waals surface area contributed by atoms with E-state index in [9.17, 15) is 14.4 Å². The van der Waals surface area contributed by atoms with Gasteiger partial charge in [0, 0.05) is 15.7 Å². The standard InChI is InChI=1S/C21H19BrN2O5S/c1-12-4-6-15(7-5-12)23-18(25)11-24-20(26)17(30-21(24)27)9-13-8-14(22)10-16(28-2)19(13)29-3/h4-10H,11H2,1-3H3,(H,23,25)/b17-9+. The van der Waals surface area contributed by atoms with Crippen LogP contribution in [0.3, 0.4) is 0 Å². The number of halogens is 1. The largest absolute Gasteiger partial charge is 0.493 e. The summed E-state index contributed by atoms with van der Waals surface area (Å²) in [5.74, 6) is -0.0754. The van der Waals surface area contributed by atoms with Crippen LogP contribution >= 0.6 is 27.7 Å². The molecule has 1 aliphatic rings. The van der Waals surface area contributed by atoms with Gasteiger partial charge in [0.15, 0.2) is 11.5 Å². The molecule has 2 aromatic carbocycles. The maximum absolute atomic E-state index is 12.7. The number of amides is 3. The molecule has 0 saturated carbocycles. The molecule has 0 radical (unpaired) electrons. The summed E-state index contributed by atoms with van der Waals surface area (Å²) in [6.07, 6.45) is 1.55. The number of anilines is 1. The molecule has 2 aromatic rings. The van der Waals surface area contributed by atoms with Gasteiger partial charge >= 0.3 is 0 Å². The monoisotopic (exact) mass is 490 g/mol. The second-order valence-electron chi connectivity index (χ2n) is 6.41. The molecule has 3 amide bonds. The maximum Gasteiger partial charge on any atom is 0.294 e. The van der Waals surface area contributed by atoms with Gasteiger partial charge in [-0.25, -0.2) is 0 Å². The Labute approximate surface area is 186 Å². The van der Waals surface area contributed by atoms with Crippen molar-refractivity contribution in [1.82, 2.24) is 4.90 Å². The molecule has 156 valence electrons. The van der Waals surface area contributed by atoms with E-state index in [2.05, 4.69) is 21.2 Å². The van der Waals surface area contributed by atoms with Crippen LogP contribution in [0.4, 0.5) is 10.5 Å². The summed E-state index contributed by atoms with van der Waals surface area (Å²) in [5.41, 5.74) is 2.22. The molecule has 1 N–H and O–H groups in total. The minimum Gasteiger partial charge on any atom is -0.493 e. The number of ether oxygens (including phenoxy) is 2. The molecule has 3 rings (SSSR count). The van der Waals surface area contributed by atoms with Crippen molar-refractivity contribution in [2.24, 2.45) is 0 Å². The molecular formula is C21H19BrN2O5S. The van der Waals surface area contributed by atoms with E-state index in [4.69, 9.17) is 9.47 Å². The number of hydrogen-bond acceptors (Lipinski definition) is 6. The maximum atomic E-state index is 12.7. The molecule has 0 atom stereocenters. The number of carbonyl (C=O) groups is 3. The van der Waals surface area contributed by atoms with E-state index in [1.54, 1.807) is 30.3 Å². The van der Waals surface area contributed by atoms with Gasteiger partial charge in [-0.05, 0) is 49.0 Å². The number of benzene rings is 2. The van der Waals surface area contributed by atoms with Crippen LogP contribution in [-0.4, -0.2) is 42.7 Å².